The highest BCUT2D eigenvalue weighted by molar-refractivity contribution is 5.84. The summed E-state index contributed by atoms with van der Waals surface area (Å²) < 4.78 is 0. The molecule has 6 heteroatoms. The number of imidazole rings is 1. The quantitative estimate of drug-likeness (QED) is 0.657. The van der Waals surface area contributed by atoms with Gasteiger partial charge in [-0.25, -0.2) is 4.98 Å². The minimum absolute atomic E-state index is 0.192. The summed E-state index contributed by atoms with van der Waals surface area (Å²) in [6, 6.07) is 9.19. The van der Waals surface area contributed by atoms with Gasteiger partial charge in [0, 0.05) is 36.4 Å². The molecule has 0 saturated carbocycles. The predicted octanol–water partition coefficient (Wildman–Crippen LogP) is 1.14. The van der Waals surface area contributed by atoms with Gasteiger partial charge in [-0.15, -0.1) is 0 Å². The Morgan fingerprint density at radius 2 is 2.18 bits per heavy atom. The van der Waals surface area contributed by atoms with E-state index < -0.39 is 6.04 Å². The Hall–Kier alpha value is -2.73. The zero-order valence-electron chi connectivity index (χ0n) is 12.0. The van der Waals surface area contributed by atoms with E-state index in [1.807, 2.05) is 30.3 Å². The Kier molecular flexibility index (Phi) is 4.11. The van der Waals surface area contributed by atoms with E-state index in [0.29, 0.717) is 13.0 Å². The van der Waals surface area contributed by atoms with Gasteiger partial charge in [0.2, 0.25) is 5.91 Å². The van der Waals surface area contributed by atoms with Crippen LogP contribution < -0.4 is 11.1 Å². The number of amides is 1. The van der Waals surface area contributed by atoms with Gasteiger partial charge in [0.05, 0.1) is 17.9 Å². The van der Waals surface area contributed by atoms with E-state index in [1.165, 1.54) is 0 Å². The van der Waals surface area contributed by atoms with Crippen molar-refractivity contribution in [1.82, 2.24) is 20.3 Å². The average molecular weight is 295 g/mol. The second kappa shape index (κ2) is 6.36. The molecule has 0 fully saturated rings. The molecule has 6 nitrogen and oxygen atoms in total. The molecule has 1 atom stereocenters. The van der Waals surface area contributed by atoms with Crippen molar-refractivity contribution in [2.45, 2.75) is 19.0 Å². The van der Waals surface area contributed by atoms with Crippen LogP contribution in [0.4, 0.5) is 0 Å². The molecule has 0 aliphatic rings. The highest BCUT2D eigenvalue weighted by Gasteiger charge is 2.14. The van der Waals surface area contributed by atoms with Crippen LogP contribution in [0.15, 0.2) is 49.1 Å². The SMILES string of the molecule is N[C@@H](Cc1cnc[nH]1)C(=O)NCc1cccc2cccnc12. The van der Waals surface area contributed by atoms with Gasteiger partial charge in [-0.05, 0) is 11.6 Å². The molecule has 0 unspecified atom stereocenters. The Morgan fingerprint density at radius 3 is 3.00 bits per heavy atom. The monoisotopic (exact) mass is 295 g/mol. The molecule has 2 heterocycles. The van der Waals surface area contributed by atoms with E-state index in [9.17, 15) is 4.79 Å². The standard InChI is InChI=1S/C16H17N5O/c17-14(7-13-9-18-10-21-13)16(22)20-8-12-4-1-3-11-5-2-6-19-15(11)12/h1-6,9-10,14H,7-8,17H2,(H,18,21)(H,20,22)/t14-/m0/s1. The van der Waals surface area contributed by atoms with Gasteiger partial charge in [-0.3, -0.25) is 9.78 Å². The van der Waals surface area contributed by atoms with Gasteiger partial charge < -0.3 is 16.0 Å². The number of pyridine rings is 1. The molecule has 3 rings (SSSR count). The maximum atomic E-state index is 12.1. The molecule has 4 N–H and O–H groups in total. The van der Waals surface area contributed by atoms with E-state index in [4.69, 9.17) is 5.73 Å². The maximum absolute atomic E-state index is 12.1. The van der Waals surface area contributed by atoms with E-state index in [2.05, 4.69) is 20.3 Å². The van der Waals surface area contributed by atoms with Crippen LogP contribution in [0.2, 0.25) is 0 Å². The molecule has 112 valence electrons. The number of hydrogen-bond donors (Lipinski definition) is 3. The second-order valence-corrected chi connectivity index (χ2v) is 5.10. The van der Waals surface area contributed by atoms with Crippen LogP contribution in [0.5, 0.6) is 0 Å². The summed E-state index contributed by atoms with van der Waals surface area (Å²) in [7, 11) is 0. The molecule has 0 bridgehead atoms. The average Bonchev–Trinajstić information content (AvgIpc) is 3.05. The Bertz CT molecular complexity index is 764. The number of carbonyl (C=O) groups is 1. The number of nitrogens with zero attached hydrogens (tertiary/aromatic N) is 2. The van der Waals surface area contributed by atoms with Crippen LogP contribution in [0, 0.1) is 0 Å². The zero-order chi connectivity index (χ0) is 15.4. The number of fused-ring (bicyclic) bond motifs is 1. The van der Waals surface area contributed by atoms with Crippen molar-refractivity contribution in [3.05, 3.63) is 60.3 Å². The first kappa shape index (κ1) is 14.2. The summed E-state index contributed by atoms with van der Waals surface area (Å²) >= 11 is 0. The second-order valence-electron chi connectivity index (χ2n) is 5.10. The first-order valence-electron chi connectivity index (χ1n) is 7.07. The van der Waals surface area contributed by atoms with Crippen molar-refractivity contribution in [3.63, 3.8) is 0 Å². The maximum Gasteiger partial charge on any atom is 0.237 e. The number of para-hydroxylation sites is 1. The Labute approximate surface area is 127 Å². The number of benzene rings is 1. The summed E-state index contributed by atoms with van der Waals surface area (Å²) in [5, 5.41) is 3.92. The van der Waals surface area contributed by atoms with Crippen molar-refractivity contribution in [2.24, 2.45) is 5.73 Å². The third-order valence-electron chi connectivity index (χ3n) is 3.50. The lowest BCUT2D eigenvalue weighted by Gasteiger charge is -2.12. The molecule has 0 spiro atoms. The van der Waals surface area contributed by atoms with Crippen LogP contribution in [0.25, 0.3) is 10.9 Å². The van der Waals surface area contributed by atoms with Crippen LogP contribution in [0.3, 0.4) is 0 Å². The molecule has 1 amide bonds. The molecule has 2 aromatic heterocycles. The van der Waals surface area contributed by atoms with Crippen LogP contribution in [0.1, 0.15) is 11.3 Å². The smallest absolute Gasteiger partial charge is 0.237 e. The molecule has 1 aromatic carbocycles. The number of nitrogens with two attached hydrogens (primary N) is 1. The molecule has 3 aromatic rings. The first-order chi connectivity index (χ1) is 10.7. The van der Waals surface area contributed by atoms with Gasteiger partial charge >= 0.3 is 0 Å². The molecule has 0 saturated heterocycles. The minimum atomic E-state index is -0.608. The molecule has 22 heavy (non-hydrogen) atoms. The van der Waals surface area contributed by atoms with Crippen molar-refractivity contribution in [1.29, 1.82) is 0 Å². The van der Waals surface area contributed by atoms with Crippen molar-refractivity contribution in [2.75, 3.05) is 0 Å². The van der Waals surface area contributed by atoms with Crippen molar-refractivity contribution in [3.8, 4) is 0 Å². The number of hydrogen-bond acceptors (Lipinski definition) is 4. The third kappa shape index (κ3) is 3.12. The molecule has 0 radical (unpaired) electrons. The van der Waals surface area contributed by atoms with Gasteiger partial charge in [0.15, 0.2) is 0 Å². The number of nitrogens with one attached hydrogen (secondary N) is 2. The van der Waals surface area contributed by atoms with Gasteiger partial charge in [-0.2, -0.15) is 0 Å². The van der Waals surface area contributed by atoms with Gasteiger partial charge in [0.25, 0.3) is 0 Å². The highest BCUT2D eigenvalue weighted by Crippen LogP contribution is 2.15. The lowest BCUT2D eigenvalue weighted by molar-refractivity contribution is -0.122. The zero-order valence-corrected chi connectivity index (χ0v) is 12.0. The fourth-order valence-corrected chi connectivity index (χ4v) is 2.35. The summed E-state index contributed by atoms with van der Waals surface area (Å²) in [4.78, 5) is 23.3. The lowest BCUT2D eigenvalue weighted by atomic mass is 10.1. The largest absolute Gasteiger partial charge is 0.351 e. The summed E-state index contributed by atoms with van der Waals surface area (Å²) in [5.41, 5.74) is 8.62. The molecular formula is C16H17N5O. The number of H-pyrrole nitrogens is 1. The van der Waals surface area contributed by atoms with Gasteiger partial charge in [0.1, 0.15) is 0 Å². The predicted molar refractivity (Wildman–Crippen MR) is 83.9 cm³/mol. The van der Waals surface area contributed by atoms with E-state index >= 15 is 0 Å². The topological polar surface area (TPSA) is 96.7 Å². The third-order valence-corrected chi connectivity index (χ3v) is 3.50. The highest BCUT2D eigenvalue weighted by atomic mass is 16.2. The van der Waals surface area contributed by atoms with Gasteiger partial charge in [-0.1, -0.05) is 24.3 Å². The van der Waals surface area contributed by atoms with Crippen LogP contribution >= 0.6 is 0 Å². The summed E-state index contributed by atoms with van der Waals surface area (Å²) in [6.45, 7) is 0.407. The van der Waals surface area contributed by atoms with E-state index in [0.717, 1.165) is 22.2 Å². The Morgan fingerprint density at radius 1 is 1.32 bits per heavy atom. The summed E-state index contributed by atoms with van der Waals surface area (Å²) in [6.07, 6.45) is 5.42. The van der Waals surface area contributed by atoms with Crippen molar-refractivity contribution < 1.29 is 4.79 Å². The number of rotatable bonds is 5. The minimum Gasteiger partial charge on any atom is -0.351 e. The van der Waals surface area contributed by atoms with Crippen LogP contribution in [-0.4, -0.2) is 26.9 Å². The number of carbonyl (C=O) groups excluding carboxylic acids is 1. The fraction of sp³-hybridized carbons (Fsp3) is 0.188. The van der Waals surface area contributed by atoms with E-state index in [1.54, 1.807) is 18.7 Å². The first-order valence-corrected chi connectivity index (χ1v) is 7.07. The molecule has 0 aliphatic heterocycles. The molecular weight excluding hydrogens is 278 g/mol. The van der Waals surface area contributed by atoms with E-state index in [-0.39, 0.29) is 5.91 Å². The summed E-state index contributed by atoms with van der Waals surface area (Å²) in [5.74, 6) is -0.192. The van der Waals surface area contributed by atoms with Crippen molar-refractivity contribution >= 4 is 16.8 Å². The van der Waals surface area contributed by atoms with Crippen LogP contribution in [-0.2, 0) is 17.8 Å². The number of aromatic amines is 1. The lowest BCUT2D eigenvalue weighted by Crippen LogP contribution is -2.41. The Balaban J connectivity index is 1.65. The number of aromatic nitrogens is 3. The normalized spacial score (nSPS) is 12.2. The molecule has 0 aliphatic carbocycles. The fourth-order valence-electron chi connectivity index (χ4n) is 2.35.